The van der Waals surface area contributed by atoms with Gasteiger partial charge in [-0.15, -0.1) is 11.3 Å². The Morgan fingerprint density at radius 3 is 3.06 bits per heavy atom. The van der Waals surface area contributed by atoms with Crippen molar-refractivity contribution >= 4 is 28.8 Å². The maximum absolute atomic E-state index is 5.91. The van der Waals surface area contributed by atoms with Crippen molar-refractivity contribution in [3.63, 3.8) is 0 Å². The average molecular weight is 285 g/mol. The van der Waals surface area contributed by atoms with Crippen LogP contribution in [0.4, 0.5) is 5.82 Å². The molecule has 7 heteroatoms. The van der Waals surface area contributed by atoms with Crippen LogP contribution in [0.1, 0.15) is 11.5 Å². The lowest BCUT2D eigenvalue weighted by atomic mass is 10.3. The van der Waals surface area contributed by atoms with E-state index >= 15 is 0 Å². The van der Waals surface area contributed by atoms with Crippen molar-refractivity contribution in [2.45, 2.75) is 13.0 Å². The van der Waals surface area contributed by atoms with Crippen LogP contribution in [-0.2, 0) is 17.8 Å². The van der Waals surface area contributed by atoms with Crippen molar-refractivity contribution in [1.82, 2.24) is 15.0 Å². The Bertz CT molecular complexity index is 492. The molecule has 2 aromatic heterocycles. The van der Waals surface area contributed by atoms with Gasteiger partial charge in [-0.3, -0.25) is 0 Å². The van der Waals surface area contributed by atoms with E-state index in [0.717, 1.165) is 18.7 Å². The van der Waals surface area contributed by atoms with Crippen LogP contribution in [0.5, 0.6) is 0 Å². The fourth-order valence-electron chi connectivity index (χ4n) is 1.43. The van der Waals surface area contributed by atoms with Crippen LogP contribution >= 0.6 is 22.9 Å². The molecule has 0 spiro atoms. The Labute approximate surface area is 114 Å². The number of ether oxygens (including phenoxy) is 1. The summed E-state index contributed by atoms with van der Waals surface area (Å²) in [4.78, 5) is 12.6. The van der Waals surface area contributed by atoms with E-state index in [1.54, 1.807) is 24.5 Å². The molecule has 0 aliphatic heterocycles. The number of nitrogens with zero attached hydrogens (tertiary/aromatic N) is 3. The Hall–Kier alpha value is -1.24. The molecular formula is C11H13ClN4OS. The largest absolute Gasteiger partial charge is 0.377 e. The first-order chi connectivity index (χ1) is 8.78. The Morgan fingerprint density at radius 2 is 2.33 bits per heavy atom. The van der Waals surface area contributed by atoms with E-state index < -0.39 is 0 Å². The fraction of sp³-hybridized carbons (Fsp3) is 0.364. The number of methoxy groups -OCH3 is 1. The Kier molecular flexibility index (Phi) is 4.86. The predicted molar refractivity (Wildman–Crippen MR) is 72.1 cm³/mol. The number of hydrogen-bond donors (Lipinski definition) is 1. The number of nitrogens with one attached hydrogen (secondary N) is 1. The summed E-state index contributed by atoms with van der Waals surface area (Å²) < 4.78 is 4.98. The van der Waals surface area contributed by atoms with Gasteiger partial charge in [0, 0.05) is 31.5 Å². The van der Waals surface area contributed by atoms with Crippen molar-refractivity contribution in [2.75, 3.05) is 19.0 Å². The van der Waals surface area contributed by atoms with Crippen LogP contribution in [0.25, 0.3) is 0 Å². The maximum atomic E-state index is 5.91. The van der Waals surface area contributed by atoms with E-state index in [9.17, 15) is 0 Å². The van der Waals surface area contributed by atoms with Gasteiger partial charge in [-0.05, 0) is 0 Å². The second-order valence-electron chi connectivity index (χ2n) is 3.58. The summed E-state index contributed by atoms with van der Waals surface area (Å²) in [5, 5.41) is 5.64. The summed E-state index contributed by atoms with van der Waals surface area (Å²) in [5.74, 6) is 1.28. The van der Waals surface area contributed by atoms with Crippen LogP contribution in [0.15, 0.2) is 17.0 Å². The smallest absolute Gasteiger partial charge is 0.158 e. The topological polar surface area (TPSA) is 59.9 Å². The molecule has 2 aromatic rings. The van der Waals surface area contributed by atoms with Gasteiger partial charge < -0.3 is 10.1 Å². The third-order valence-electron chi connectivity index (χ3n) is 2.19. The lowest BCUT2D eigenvalue weighted by molar-refractivity contribution is 0.178. The summed E-state index contributed by atoms with van der Waals surface area (Å²) in [7, 11) is 1.60. The number of thiazole rings is 1. The number of rotatable bonds is 6. The fourth-order valence-corrected chi connectivity index (χ4v) is 2.22. The molecule has 96 valence electrons. The summed E-state index contributed by atoms with van der Waals surface area (Å²) in [6, 6.07) is 1.70. The highest BCUT2D eigenvalue weighted by atomic mass is 35.5. The van der Waals surface area contributed by atoms with Gasteiger partial charge in [0.25, 0.3) is 0 Å². The molecule has 0 atom stereocenters. The minimum Gasteiger partial charge on any atom is -0.377 e. The van der Waals surface area contributed by atoms with E-state index in [0.29, 0.717) is 23.4 Å². The Balaban J connectivity index is 1.92. The molecule has 0 aromatic carbocycles. The monoisotopic (exact) mass is 284 g/mol. The van der Waals surface area contributed by atoms with E-state index in [1.807, 2.05) is 10.9 Å². The van der Waals surface area contributed by atoms with Gasteiger partial charge in [0.15, 0.2) is 5.82 Å². The molecule has 0 radical (unpaired) electrons. The van der Waals surface area contributed by atoms with Crippen LogP contribution in [-0.4, -0.2) is 28.6 Å². The Morgan fingerprint density at radius 1 is 1.44 bits per heavy atom. The van der Waals surface area contributed by atoms with Gasteiger partial charge in [-0.25, -0.2) is 15.0 Å². The van der Waals surface area contributed by atoms with E-state index in [2.05, 4.69) is 20.3 Å². The minimum absolute atomic E-state index is 0.349. The van der Waals surface area contributed by atoms with E-state index in [4.69, 9.17) is 16.3 Å². The zero-order valence-corrected chi connectivity index (χ0v) is 11.5. The van der Waals surface area contributed by atoms with Crippen LogP contribution < -0.4 is 5.32 Å². The molecule has 18 heavy (non-hydrogen) atoms. The third-order valence-corrected chi connectivity index (χ3v) is 3.01. The highest BCUT2D eigenvalue weighted by molar-refractivity contribution is 7.07. The highest BCUT2D eigenvalue weighted by Crippen LogP contribution is 2.12. The zero-order valence-electron chi connectivity index (χ0n) is 9.89. The molecule has 0 unspecified atom stereocenters. The van der Waals surface area contributed by atoms with Crippen molar-refractivity contribution < 1.29 is 4.74 Å². The maximum Gasteiger partial charge on any atom is 0.158 e. The molecule has 0 aliphatic carbocycles. The molecular weight excluding hydrogens is 272 g/mol. The number of aromatic nitrogens is 3. The SMILES string of the molecule is COCc1nc(Cl)cc(NCCc2cscn2)n1. The molecule has 2 rings (SSSR count). The molecule has 2 heterocycles. The van der Waals surface area contributed by atoms with Gasteiger partial charge in [0.1, 0.15) is 17.6 Å². The lowest BCUT2D eigenvalue weighted by Gasteiger charge is -2.06. The molecule has 0 saturated carbocycles. The molecule has 5 nitrogen and oxygen atoms in total. The number of hydrogen-bond acceptors (Lipinski definition) is 6. The van der Waals surface area contributed by atoms with Gasteiger partial charge in [0.05, 0.1) is 11.2 Å². The second-order valence-corrected chi connectivity index (χ2v) is 4.69. The molecule has 0 fully saturated rings. The van der Waals surface area contributed by atoms with E-state index in [1.165, 1.54) is 0 Å². The van der Waals surface area contributed by atoms with Gasteiger partial charge >= 0.3 is 0 Å². The lowest BCUT2D eigenvalue weighted by Crippen LogP contribution is -2.08. The minimum atomic E-state index is 0.349. The zero-order chi connectivity index (χ0) is 12.8. The van der Waals surface area contributed by atoms with Crippen molar-refractivity contribution in [1.29, 1.82) is 0 Å². The van der Waals surface area contributed by atoms with Crippen LogP contribution in [0, 0.1) is 0 Å². The van der Waals surface area contributed by atoms with Crippen molar-refractivity contribution in [2.24, 2.45) is 0 Å². The first kappa shape index (κ1) is 13.2. The molecule has 0 saturated heterocycles. The summed E-state index contributed by atoms with van der Waals surface area (Å²) in [5.41, 5.74) is 2.90. The molecule has 0 aliphatic rings. The first-order valence-corrected chi connectivity index (χ1v) is 6.73. The van der Waals surface area contributed by atoms with Crippen molar-refractivity contribution in [3.05, 3.63) is 33.6 Å². The van der Waals surface area contributed by atoms with Gasteiger partial charge in [-0.2, -0.15) is 0 Å². The summed E-state index contributed by atoms with van der Waals surface area (Å²) in [6.45, 7) is 1.10. The predicted octanol–water partition coefficient (Wildman–Crippen LogP) is 2.39. The van der Waals surface area contributed by atoms with Crippen LogP contribution in [0.3, 0.4) is 0 Å². The standard InChI is InChI=1S/C11H13ClN4OS/c1-17-5-11-15-9(12)4-10(16-11)13-3-2-8-6-18-7-14-8/h4,6-7H,2-3,5H2,1H3,(H,13,15,16). The normalized spacial score (nSPS) is 10.6. The van der Waals surface area contributed by atoms with Crippen molar-refractivity contribution in [3.8, 4) is 0 Å². The van der Waals surface area contributed by atoms with Gasteiger partial charge in [-0.1, -0.05) is 11.6 Å². The van der Waals surface area contributed by atoms with Gasteiger partial charge in [0.2, 0.25) is 0 Å². The number of anilines is 1. The third kappa shape index (κ3) is 3.90. The molecule has 0 bridgehead atoms. The number of halogens is 1. The quantitative estimate of drug-likeness (QED) is 0.826. The molecule has 1 N–H and O–H groups in total. The first-order valence-electron chi connectivity index (χ1n) is 5.41. The highest BCUT2D eigenvalue weighted by Gasteiger charge is 2.03. The molecule has 0 amide bonds. The summed E-state index contributed by atoms with van der Waals surface area (Å²) >= 11 is 7.50. The average Bonchev–Trinajstić information content (AvgIpc) is 2.82. The second kappa shape index (κ2) is 6.63. The van der Waals surface area contributed by atoms with Crippen LogP contribution in [0.2, 0.25) is 5.15 Å². The van der Waals surface area contributed by atoms with E-state index in [-0.39, 0.29) is 0 Å². The summed E-state index contributed by atoms with van der Waals surface area (Å²) in [6.07, 6.45) is 0.852.